The summed E-state index contributed by atoms with van der Waals surface area (Å²) >= 11 is 3.35. The van der Waals surface area contributed by atoms with Gasteiger partial charge in [0.05, 0.1) is 0 Å². The number of hydrogen-bond donors (Lipinski definition) is 2. The summed E-state index contributed by atoms with van der Waals surface area (Å²) in [4.78, 5) is 4.32. The van der Waals surface area contributed by atoms with Crippen LogP contribution in [0.4, 0.5) is 5.82 Å². The molecule has 76 valence electrons. The Morgan fingerprint density at radius 1 is 1.57 bits per heavy atom. The number of pyridine rings is 1. The predicted molar refractivity (Wildman–Crippen MR) is 61.4 cm³/mol. The highest BCUT2D eigenvalue weighted by atomic mass is 79.9. The van der Waals surface area contributed by atoms with E-state index < -0.39 is 0 Å². The predicted octanol–water partition coefficient (Wildman–Crippen LogP) is 1.87. The van der Waals surface area contributed by atoms with Gasteiger partial charge >= 0.3 is 0 Å². The number of anilines is 1. The maximum atomic E-state index is 4.32. The van der Waals surface area contributed by atoms with Gasteiger partial charge in [-0.3, -0.25) is 0 Å². The van der Waals surface area contributed by atoms with Crippen LogP contribution >= 0.6 is 15.9 Å². The van der Waals surface area contributed by atoms with Gasteiger partial charge in [-0.15, -0.1) is 0 Å². The second-order valence-electron chi connectivity index (χ2n) is 3.59. The van der Waals surface area contributed by atoms with E-state index in [0.29, 0.717) is 0 Å². The van der Waals surface area contributed by atoms with Crippen LogP contribution in [0, 0.1) is 5.92 Å². The normalized spacial score (nSPS) is 21.1. The van der Waals surface area contributed by atoms with Gasteiger partial charge in [-0.2, -0.15) is 0 Å². The number of nitrogens with zero attached hydrogens (tertiary/aromatic N) is 1. The minimum atomic E-state index is 0.746. The van der Waals surface area contributed by atoms with E-state index >= 15 is 0 Å². The van der Waals surface area contributed by atoms with Crippen LogP contribution in [0.5, 0.6) is 0 Å². The van der Waals surface area contributed by atoms with Crippen molar-refractivity contribution in [3.63, 3.8) is 0 Å². The summed E-state index contributed by atoms with van der Waals surface area (Å²) in [5.74, 6) is 1.70. The van der Waals surface area contributed by atoms with E-state index in [1.165, 1.54) is 6.42 Å². The van der Waals surface area contributed by atoms with Crippen LogP contribution in [0.1, 0.15) is 6.42 Å². The van der Waals surface area contributed by atoms with Crippen LogP contribution < -0.4 is 10.6 Å². The molecule has 14 heavy (non-hydrogen) atoms. The van der Waals surface area contributed by atoms with Crippen molar-refractivity contribution in [3.8, 4) is 0 Å². The first-order valence-electron chi connectivity index (χ1n) is 4.92. The largest absolute Gasteiger partial charge is 0.370 e. The number of hydrogen-bond acceptors (Lipinski definition) is 3. The summed E-state index contributed by atoms with van der Waals surface area (Å²) < 4.78 is 0.882. The molecule has 1 aromatic rings. The van der Waals surface area contributed by atoms with Gasteiger partial charge in [-0.1, -0.05) is 6.07 Å². The molecule has 0 radical (unpaired) electrons. The lowest BCUT2D eigenvalue weighted by atomic mass is 10.1. The second kappa shape index (κ2) is 4.75. The molecule has 1 aromatic heterocycles. The van der Waals surface area contributed by atoms with E-state index in [4.69, 9.17) is 0 Å². The Morgan fingerprint density at radius 3 is 3.21 bits per heavy atom. The third kappa shape index (κ3) is 2.69. The van der Waals surface area contributed by atoms with Crippen molar-refractivity contribution in [1.82, 2.24) is 10.3 Å². The first kappa shape index (κ1) is 9.93. The molecular weight excluding hydrogens is 242 g/mol. The fourth-order valence-electron chi connectivity index (χ4n) is 1.64. The SMILES string of the molecule is Brc1cccc(NCC2CCNC2)n1. The quantitative estimate of drug-likeness (QED) is 0.810. The molecule has 0 spiro atoms. The zero-order valence-corrected chi connectivity index (χ0v) is 9.55. The summed E-state index contributed by atoms with van der Waals surface area (Å²) in [5, 5.41) is 6.70. The monoisotopic (exact) mass is 255 g/mol. The summed E-state index contributed by atoms with van der Waals surface area (Å²) in [6.07, 6.45) is 1.26. The average molecular weight is 256 g/mol. The highest BCUT2D eigenvalue weighted by Crippen LogP contribution is 2.12. The zero-order chi connectivity index (χ0) is 9.80. The lowest BCUT2D eigenvalue weighted by molar-refractivity contribution is 0.614. The molecule has 4 heteroatoms. The first-order chi connectivity index (χ1) is 6.84. The minimum absolute atomic E-state index is 0.746. The molecule has 0 amide bonds. The summed E-state index contributed by atoms with van der Waals surface area (Å²) in [6, 6.07) is 5.92. The van der Waals surface area contributed by atoms with E-state index in [2.05, 4.69) is 31.5 Å². The van der Waals surface area contributed by atoms with Crippen molar-refractivity contribution in [2.75, 3.05) is 25.0 Å². The fourth-order valence-corrected chi connectivity index (χ4v) is 1.99. The topological polar surface area (TPSA) is 37.0 Å². The van der Waals surface area contributed by atoms with Gasteiger partial charge in [-0.25, -0.2) is 4.98 Å². The maximum Gasteiger partial charge on any atom is 0.127 e. The van der Waals surface area contributed by atoms with Gasteiger partial charge in [0.15, 0.2) is 0 Å². The smallest absolute Gasteiger partial charge is 0.127 e. The van der Waals surface area contributed by atoms with Crippen molar-refractivity contribution in [2.45, 2.75) is 6.42 Å². The zero-order valence-electron chi connectivity index (χ0n) is 7.96. The molecule has 2 rings (SSSR count). The van der Waals surface area contributed by atoms with E-state index in [1.807, 2.05) is 18.2 Å². The van der Waals surface area contributed by atoms with Gasteiger partial charge in [0.1, 0.15) is 10.4 Å². The molecule has 1 fully saturated rings. The lowest BCUT2D eigenvalue weighted by Crippen LogP contribution is -2.17. The minimum Gasteiger partial charge on any atom is -0.370 e. The van der Waals surface area contributed by atoms with Crippen molar-refractivity contribution < 1.29 is 0 Å². The van der Waals surface area contributed by atoms with Crippen molar-refractivity contribution in [3.05, 3.63) is 22.8 Å². The van der Waals surface area contributed by atoms with Crippen LogP contribution in [-0.4, -0.2) is 24.6 Å². The molecule has 0 saturated carbocycles. The van der Waals surface area contributed by atoms with Gasteiger partial charge in [0.25, 0.3) is 0 Å². The van der Waals surface area contributed by atoms with E-state index in [9.17, 15) is 0 Å². The molecule has 1 atom stereocenters. The van der Waals surface area contributed by atoms with Gasteiger partial charge < -0.3 is 10.6 Å². The summed E-state index contributed by atoms with van der Waals surface area (Å²) in [6.45, 7) is 3.29. The Kier molecular flexibility index (Phi) is 3.37. The highest BCUT2D eigenvalue weighted by molar-refractivity contribution is 9.10. The Bertz CT molecular complexity index is 297. The third-order valence-corrected chi connectivity index (χ3v) is 2.89. The Morgan fingerprint density at radius 2 is 2.50 bits per heavy atom. The van der Waals surface area contributed by atoms with Crippen LogP contribution in [0.3, 0.4) is 0 Å². The summed E-state index contributed by atoms with van der Waals surface area (Å²) in [5.41, 5.74) is 0. The molecule has 2 N–H and O–H groups in total. The number of rotatable bonds is 3. The number of aromatic nitrogens is 1. The first-order valence-corrected chi connectivity index (χ1v) is 5.71. The van der Waals surface area contributed by atoms with Crippen molar-refractivity contribution in [1.29, 1.82) is 0 Å². The van der Waals surface area contributed by atoms with Gasteiger partial charge in [-0.05, 0) is 53.5 Å². The van der Waals surface area contributed by atoms with Gasteiger partial charge in [0.2, 0.25) is 0 Å². The van der Waals surface area contributed by atoms with Crippen LogP contribution in [0.25, 0.3) is 0 Å². The Labute approximate surface area is 92.4 Å². The molecule has 0 aromatic carbocycles. The van der Waals surface area contributed by atoms with E-state index in [0.717, 1.165) is 36.0 Å². The van der Waals surface area contributed by atoms with Gasteiger partial charge in [0, 0.05) is 6.54 Å². The maximum absolute atomic E-state index is 4.32. The third-order valence-electron chi connectivity index (χ3n) is 2.45. The Hall–Kier alpha value is -0.610. The second-order valence-corrected chi connectivity index (χ2v) is 4.40. The van der Waals surface area contributed by atoms with Crippen LogP contribution in [0.15, 0.2) is 22.8 Å². The standard InChI is InChI=1S/C10H14BrN3/c11-9-2-1-3-10(14-9)13-7-8-4-5-12-6-8/h1-3,8,12H,4-7H2,(H,13,14). The molecule has 1 unspecified atom stereocenters. The number of halogens is 1. The molecule has 1 saturated heterocycles. The highest BCUT2D eigenvalue weighted by Gasteiger charge is 2.13. The molecule has 3 nitrogen and oxygen atoms in total. The Balaban J connectivity index is 1.85. The molecule has 2 heterocycles. The average Bonchev–Trinajstić information content (AvgIpc) is 2.67. The molecule has 0 aliphatic carbocycles. The summed E-state index contributed by atoms with van der Waals surface area (Å²) in [7, 11) is 0. The number of nitrogens with one attached hydrogen (secondary N) is 2. The lowest BCUT2D eigenvalue weighted by Gasteiger charge is -2.10. The molecule has 0 bridgehead atoms. The van der Waals surface area contributed by atoms with Crippen LogP contribution in [0.2, 0.25) is 0 Å². The fraction of sp³-hybridized carbons (Fsp3) is 0.500. The molecule has 1 aliphatic rings. The van der Waals surface area contributed by atoms with E-state index in [1.54, 1.807) is 0 Å². The van der Waals surface area contributed by atoms with Crippen LogP contribution in [-0.2, 0) is 0 Å². The van der Waals surface area contributed by atoms with Crippen molar-refractivity contribution in [2.24, 2.45) is 5.92 Å². The van der Waals surface area contributed by atoms with E-state index in [-0.39, 0.29) is 0 Å². The molecular formula is C10H14BrN3. The molecule has 1 aliphatic heterocycles. The van der Waals surface area contributed by atoms with Crippen molar-refractivity contribution >= 4 is 21.7 Å².